The molecule has 1 aliphatic heterocycles. The second-order valence-corrected chi connectivity index (χ2v) is 9.99. The van der Waals surface area contributed by atoms with Crippen molar-refractivity contribution in [3.8, 4) is 11.5 Å². The van der Waals surface area contributed by atoms with Gasteiger partial charge in [-0.05, 0) is 76.6 Å². The zero-order chi connectivity index (χ0) is 28.1. The van der Waals surface area contributed by atoms with Crippen LogP contribution in [-0.4, -0.2) is 39.9 Å². The number of thioether (sulfide) groups is 1. The maximum absolute atomic E-state index is 14.0. The molecule has 12 heteroatoms. The van der Waals surface area contributed by atoms with E-state index in [1.54, 1.807) is 37.3 Å². The number of hydrogen-bond acceptors (Lipinski definition) is 8. The normalized spacial score (nSPS) is 14.1. The number of hydrogen-bond donors (Lipinski definition) is 0. The van der Waals surface area contributed by atoms with Crippen molar-refractivity contribution >= 4 is 56.4 Å². The van der Waals surface area contributed by atoms with E-state index in [9.17, 15) is 28.9 Å². The van der Waals surface area contributed by atoms with E-state index in [0.717, 1.165) is 4.90 Å². The molecule has 1 saturated heterocycles. The summed E-state index contributed by atoms with van der Waals surface area (Å²) >= 11 is 4.12. The summed E-state index contributed by atoms with van der Waals surface area (Å²) in [5.74, 6) is -0.882. The first-order valence-electron chi connectivity index (χ1n) is 11.5. The van der Waals surface area contributed by atoms with E-state index in [-0.39, 0.29) is 22.8 Å². The van der Waals surface area contributed by atoms with Crippen LogP contribution in [0.25, 0.3) is 6.08 Å². The first kappa shape index (κ1) is 28.0. The van der Waals surface area contributed by atoms with Crippen LogP contribution < -0.4 is 9.47 Å². The summed E-state index contributed by atoms with van der Waals surface area (Å²) in [5.41, 5.74) is 0.852. The third-order valence-electron chi connectivity index (χ3n) is 5.53. The Morgan fingerprint density at radius 1 is 1.13 bits per heavy atom. The molecule has 0 spiro atoms. The van der Waals surface area contributed by atoms with Crippen LogP contribution in [0.1, 0.15) is 28.4 Å². The molecule has 3 aromatic rings. The molecule has 0 bridgehead atoms. The molecule has 1 aliphatic rings. The number of nitro benzene ring substituents is 1. The number of ether oxygens (including phenoxy) is 2. The average Bonchev–Trinajstić information content (AvgIpc) is 3.16. The quantitative estimate of drug-likeness (QED) is 0.112. The van der Waals surface area contributed by atoms with Gasteiger partial charge in [-0.25, -0.2) is 4.39 Å². The Morgan fingerprint density at radius 3 is 2.51 bits per heavy atom. The van der Waals surface area contributed by atoms with Gasteiger partial charge in [-0.15, -0.1) is 0 Å². The molecule has 0 aliphatic carbocycles. The van der Waals surface area contributed by atoms with Gasteiger partial charge in [0.25, 0.3) is 16.8 Å². The zero-order valence-electron chi connectivity index (χ0n) is 20.4. The van der Waals surface area contributed by atoms with Crippen LogP contribution >= 0.6 is 27.7 Å². The van der Waals surface area contributed by atoms with Gasteiger partial charge in [0.2, 0.25) is 0 Å². The zero-order valence-corrected chi connectivity index (χ0v) is 22.8. The maximum Gasteiger partial charge on any atom is 0.293 e. The lowest BCUT2D eigenvalue weighted by Gasteiger charge is -2.15. The van der Waals surface area contributed by atoms with E-state index in [1.807, 2.05) is 0 Å². The Morgan fingerprint density at radius 2 is 1.85 bits per heavy atom. The lowest BCUT2D eigenvalue weighted by molar-refractivity contribution is -0.384. The smallest absolute Gasteiger partial charge is 0.293 e. The van der Waals surface area contributed by atoms with Gasteiger partial charge in [-0.2, -0.15) is 0 Å². The van der Waals surface area contributed by atoms with Gasteiger partial charge >= 0.3 is 0 Å². The highest BCUT2D eigenvalue weighted by atomic mass is 79.9. The van der Waals surface area contributed by atoms with Crippen molar-refractivity contribution in [3.63, 3.8) is 0 Å². The highest BCUT2D eigenvalue weighted by Gasteiger charge is 2.36. The number of nitro groups is 1. The topological polar surface area (TPSA) is 116 Å². The lowest BCUT2D eigenvalue weighted by atomic mass is 10.1. The minimum absolute atomic E-state index is 0.0353. The van der Waals surface area contributed by atoms with Crippen LogP contribution in [0.5, 0.6) is 11.5 Å². The second kappa shape index (κ2) is 12.2. The first-order chi connectivity index (χ1) is 18.7. The number of Topliss-reactive ketones (excluding diaryl/α,β-unsaturated/α-hetero) is 1. The maximum atomic E-state index is 14.0. The molecule has 0 radical (unpaired) electrons. The molecular formula is C27H20BrFN2O7S. The fourth-order valence-corrected chi connectivity index (χ4v) is 5.04. The third-order valence-corrected chi connectivity index (χ3v) is 7.03. The van der Waals surface area contributed by atoms with Gasteiger partial charge in [0.1, 0.15) is 12.4 Å². The number of carbonyl (C=O) groups excluding carboxylic acids is 3. The number of carbonyl (C=O) groups is 3. The predicted octanol–water partition coefficient (Wildman–Crippen LogP) is 6.39. The molecule has 1 fully saturated rings. The summed E-state index contributed by atoms with van der Waals surface area (Å²) in [7, 11) is 0. The third kappa shape index (κ3) is 6.52. The first-order valence-corrected chi connectivity index (χ1v) is 13.1. The molecule has 0 aromatic heterocycles. The van der Waals surface area contributed by atoms with E-state index in [4.69, 9.17) is 9.47 Å². The molecule has 200 valence electrons. The number of rotatable bonds is 10. The van der Waals surface area contributed by atoms with E-state index in [2.05, 4.69) is 15.9 Å². The van der Waals surface area contributed by atoms with Crippen molar-refractivity contribution in [2.45, 2.75) is 13.5 Å². The van der Waals surface area contributed by atoms with Gasteiger partial charge in [0.05, 0.1) is 27.5 Å². The largest absolute Gasteiger partial charge is 0.490 e. The Labute approximate surface area is 234 Å². The molecule has 3 aromatic carbocycles. The van der Waals surface area contributed by atoms with E-state index in [1.165, 1.54) is 36.4 Å². The second-order valence-electron chi connectivity index (χ2n) is 8.14. The highest BCUT2D eigenvalue weighted by molar-refractivity contribution is 9.10. The number of halogens is 2. The standard InChI is InChI=1S/C27H20BrFN2O7S/c1-2-37-23-12-16(11-20(28)25(23)38-15-18-5-3-4-6-21(18)29)13-24-26(33)30(27(34)39-24)14-22(32)17-7-9-19(10-8-17)31(35)36/h3-13H,2,14-15H2,1H3/b24-13-. The number of benzene rings is 3. The monoisotopic (exact) mass is 614 g/mol. The summed E-state index contributed by atoms with van der Waals surface area (Å²) in [4.78, 5) is 49.3. The van der Waals surface area contributed by atoms with Gasteiger partial charge < -0.3 is 9.47 Å². The minimum Gasteiger partial charge on any atom is -0.490 e. The SMILES string of the molecule is CCOc1cc(/C=C2\SC(=O)N(CC(=O)c3ccc([N+](=O)[O-])cc3)C2=O)cc(Br)c1OCc1ccccc1F. The lowest BCUT2D eigenvalue weighted by Crippen LogP contribution is -2.33. The molecular weight excluding hydrogens is 595 g/mol. The average molecular weight is 615 g/mol. The fraction of sp³-hybridized carbons (Fsp3) is 0.148. The molecule has 2 amide bonds. The summed E-state index contributed by atoms with van der Waals surface area (Å²) in [6.07, 6.45) is 1.50. The molecule has 4 rings (SSSR count). The molecule has 0 saturated carbocycles. The Bertz CT molecular complexity index is 1490. The number of ketones is 1. The Kier molecular flexibility index (Phi) is 8.77. The van der Waals surface area contributed by atoms with Crippen molar-refractivity contribution in [2.75, 3.05) is 13.2 Å². The van der Waals surface area contributed by atoms with Crippen LogP contribution in [0.2, 0.25) is 0 Å². The summed E-state index contributed by atoms with van der Waals surface area (Å²) < 4.78 is 26.0. The minimum atomic E-state index is -0.644. The van der Waals surface area contributed by atoms with Crippen LogP contribution in [0.15, 0.2) is 70.0 Å². The molecule has 39 heavy (non-hydrogen) atoms. The van der Waals surface area contributed by atoms with E-state index >= 15 is 0 Å². The number of non-ortho nitro benzene ring substituents is 1. The van der Waals surface area contributed by atoms with Gasteiger partial charge in [-0.3, -0.25) is 29.4 Å². The van der Waals surface area contributed by atoms with Gasteiger partial charge in [0.15, 0.2) is 17.3 Å². The van der Waals surface area contributed by atoms with E-state index < -0.39 is 34.2 Å². The van der Waals surface area contributed by atoms with Crippen LogP contribution in [0, 0.1) is 15.9 Å². The highest BCUT2D eigenvalue weighted by Crippen LogP contribution is 2.40. The Balaban J connectivity index is 1.52. The molecule has 1 heterocycles. The Hall–Kier alpha value is -4.03. The predicted molar refractivity (Wildman–Crippen MR) is 146 cm³/mol. The van der Waals surface area contributed by atoms with Crippen molar-refractivity contribution < 1.29 is 33.2 Å². The van der Waals surface area contributed by atoms with Crippen molar-refractivity contribution in [1.82, 2.24) is 4.90 Å². The van der Waals surface area contributed by atoms with Crippen molar-refractivity contribution in [3.05, 3.63) is 103 Å². The fourth-order valence-electron chi connectivity index (χ4n) is 3.63. The molecule has 0 atom stereocenters. The summed E-state index contributed by atoms with van der Waals surface area (Å²) in [6.45, 7) is 1.56. The summed E-state index contributed by atoms with van der Waals surface area (Å²) in [6, 6.07) is 14.4. The number of nitrogens with zero attached hydrogens (tertiary/aromatic N) is 2. The number of imide groups is 1. The van der Waals surface area contributed by atoms with Crippen LogP contribution in [0.4, 0.5) is 14.9 Å². The molecule has 0 N–H and O–H groups in total. The number of amides is 2. The summed E-state index contributed by atoms with van der Waals surface area (Å²) in [5, 5.41) is 10.2. The molecule has 9 nitrogen and oxygen atoms in total. The van der Waals surface area contributed by atoms with Gasteiger partial charge in [-0.1, -0.05) is 18.2 Å². The van der Waals surface area contributed by atoms with E-state index in [0.29, 0.717) is 45.5 Å². The van der Waals surface area contributed by atoms with Crippen molar-refractivity contribution in [2.24, 2.45) is 0 Å². The van der Waals surface area contributed by atoms with Crippen LogP contribution in [-0.2, 0) is 11.4 Å². The van der Waals surface area contributed by atoms with Crippen LogP contribution in [0.3, 0.4) is 0 Å². The molecule has 0 unspecified atom stereocenters. The van der Waals surface area contributed by atoms with Gasteiger partial charge in [0, 0.05) is 23.3 Å². The van der Waals surface area contributed by atoms with Crippen molar-refractivity contribution in [1.29, 1.82) is 0 Å².